The molecule has 1 amide bonds. The number of ether oxygens (including phenoxy) is 1. The molecule has 0 saturated carbocycles. The predicted molar refractivity (Wildman–Crippen MR) is 101 cm³/mol. The van der Waals surface area contributed by atoms with Crippen molar-refractivity contribution in [2.45, 2.75) is 18.4 Å². The molecule has 1 unspecified atom stereocenters. The van der Waals surface area contributed by atoms with Crippen molar-refractivity contribution in [3.05, 3.63) is 72.2 Å². The molecular weight excluding hydrogens is 356 g/mol. The Morgan fingerprint density at radius 1 is 1.07 bits per heavy atom. The number of rotatable bonds is 2. The van der Waals surface area contributed by atoms with Gasteiger partial charge < -0.3 is 14.1 Å². The Balaban J connectivity index is 1.35. The van der Waals surface area contributed by atoms with E-state index >= 15 is 0 Å². The number of hydrogen-bond donors (Lipinski definition) is 0. The molecule has 1 spiro atoms. The smallest absolute Gasteiger partial charge is 0.309 e. The van der Waals surface area contributed by atoms with Crippen LogP contribution in [0.4, 0.5) is 0 Å². The lowest BCUT2D eigenvalue weighted by Crippen LogP contribution is -2.45. The first kappa shape index (κ1) is 16.7. The van der Waals surface area contributed by atoms with Gasteiger partial charge in [-0.2, -0.15) is 0 Å². The minimum atomic E-state index is -0.671. The van der Waals surface area contributed by atoms with Crippen molar-refractivity contribution in [1.82, 2.24) is 9.88 Å². The summed E-state index contributed by atoms with van der Waals surface area (Å²) in [7, 11) is 0. The lowest BCUT2D eigenvalue weighted by molar-refractivity contribution is 0.0420. The lowest BCUT2D eigenvalue weighted by Gasteiger charge is -2.34. The van der Waals surface area contributed by atoms with Gasteiger partial charge in [-0.25, -0.2) is 4.98 Å². The Kier molecular flexibility index (Phi) is 3.79. The molecule has 5 rings (SSSR count). The number of amides is 1. The van der Waals surface area contributed by atoms with Gasteiger partial charge in [-0.1, -0.05) is 42.5 Å². The molecule has 2 aromatic carbocycles. The second kappa shape index (κ2) is 6.34. The molecule has 1 aromatic heterocycles. The van der Waals surface area contributed by atoms with E-state index < -0.39 is 5.60 Å². The lowest BCUT2D eigenvalue weighted by atomic mass is 9.89. The van der Waals surface area contributed by atoms with Crippen LogP contribution >= 0.6 is 0 Å². The Labute approximate surface area is 161 Å². The zero-order valence-corrected chi connectivity index (χ0v) is 15.1. The standard InChI is InChI=1S/C22H18N2O4/c25-17-12-22(28-18-9-5-4-8-16(17)18)10-11-24(14-22)21(26)20-23-13-19(27-20)15-6-2-1-3-7-15/h1-9,13H,10-12,14H2. The molecule has 6 nitrogen and oxygen atoms in total. The largest absolute Gasteiger partial charge is 0.484 e. The molecule has 28 heavy (non-hydrogen) atoms. The minimum Gasteiger partial charge on any atom is -0.484 e. The molecule has 140 valence electrons. The fraction of sp³-hybridized carbons (Fsp3) is 0.227. The molecule has 0 bridgehead atoms. The highest BCUT2D eigenvalue weighted by Crippen LogP contribution is 2.39. The van der Waals surface area contributed by atoms with Crippen molar-refractivity contribution in [2.75, 3.05) is 13.1 Å². The zero-order chi connectivity index (χ0) is 19.1. The number of fused-ring (bicyclic) bond motifs is 1. The van der Waals surface area contributed by atoms with Gasteiger partial charge in [0.05, 0.1) is 24.7 Å². The molecule has 6 heteroatoms. The fourth-order valence-electron chi connectivity index (χ4n) is 3.93. The molecular formula is C22H18N2O4. The number of nitrogens with zero attached hydrogens (tertiary/aromatic N) is 2. The van der Waals surface area contributed by atoms with E-state index in [1.54, 1.807) is 23.2 Å². The molecule has 1 saturated heterocycles. The van der Waals surface area contributed by atoms with Crippen LogP contribution < -0.4 is 4.74 Å². The summed E-state index contributed by atoms with van der Waals surface area (Å²) in [5.74, 6) is 0.970. The Morgan fingerprint density at radius 2 is 1.86 bits per heavy atom. The van der Waals surface area contributed by atoms with Crippen molar-refractivity contribution in [3.8, 4) is 17.1 Å². The number of hydrogen-bond acceptors (Lipinski definition) is 5. The number of ketones is 1. The first-order valence-corrected chi connectivity index (χ1v) is 9.25. The molecule has 2 aliphatic rings. The van der Waals surface area contributed by atoms with Gasteiger partial charge in [0.15, 0.2) is 11.5 Å². The number of benzene rings is 2. The van der Waals surface area contributed by atoms with Gasteiger partial charge in [0.1, 0.15) is 11.4 Å². The van der Waals surface area contributed by atoms with Crippen molar-refractivity contribution in [1.29, 1.82) is 0 Å². The van der Waals surface area contributed by atoms with Gasteiger partial charge in [-0.3, -0.25) is 9.59 Å². The fourth-order valence-corrected chi connectivity index (χ4v) is 3.93. The Hall–Kier alpha value is -3.41. The van der Waals surface area contributed by atoms with Crippen molar-refractivity contribution in [2.24, 2.45) is 0 Å². The summed E-state index contributed by atoms with van der Waals surface area (Å²) in [5, 5.41) is 0. The average molecular weight is 374 g/mol. The SMILES string of the molecule is O=C1CC2(CCN(C(=O)c3ncc(-c4ccccc4)o3)C2)Oc2ccccc21. The maximum atomic E-state index is 12.9. The van der Waals surface area contributed by atoms with E-state index in [0.717, 1.165) is 5.56 Å². The van der Waals surface area contributed by atoms with E-state index in [0.29, 0.717) is 36.6 Å². The number of likely N-dealkylation sites (tertiary alicyclic amines) is 1. The topological polar surface area (TPSA) is 72.6 Å². The maximum absolute atomic E-state index is 12.9. The van der Waals surface area contributed by atoms with Crippen molar-refractivity contribution in [3.63, 3.8) is 0 Å². The monoisotopic (exact) mass is 374 g/mol. The molecule has 0 aliphatic carbocycles. The van der Waals surface area contributed by atoms with Crippen LogP contribution in [-0.2, 0) is 0 Å². The van der Waals surface area contributed by atoms with Crippen LogP contribution in [0.3, 0.4) is 0 Å². The molecule has 3 heterocycles. The third-order valence-electron chi connectivity index (χ3n) is 5.35. The second-order valence-corrected chi connectivity index (χ2v) is 7.25. The average Bonchev–Trinajstić information content (AvgIpc) is 3.36. The van der Waals surface area contributed by atoms with Crippen LogP contribution in [-0.4, -0.2) is 40.3 Å². The van der Waals surface area contributed by atoms with Gasteiger partial charge in [0, 0.05) is 18.5 Å². The van der Waals surface area contributed by atoms with Crippen molar-refractivity contribution < 1.29 is 18.7 Å². The number of aromatic nitrogens is 1. The summed E-state index contributed by atoms with van der Waals surface area (Å²) in [6.07, 6.45) is 2.44. The first-order valence-electron chi connectivity index (χ1n) is 9.25. The van der Waals surface area contributed by atoms with Gasteiger partial charge in [-0.15, -0.1) is 0 Å². The second-order valence-electron chi connectivity index (χ2n) is 7.25. The highest BCUT2D eigenvalue weighted by atomic mass is 16.5. The third-order valence-corrected chi connectivity index (χ3v) is 5.35. The predicted octanol–water partition coefficient (Wildman–Crippen LogP) is 3.59. The number of oxazole rings is 1. The summed E-state index contributed by atoms with van der Waals surface area (Å²) in [4.78, 5) is 31.2. The molecule has 1 atom stereocenters. The quantitative estimate of drug-likeness (QED) is 0.685. The zero-order valence-electron chi connectivity index (χ0n) is 15.1. The van der Waals surface area contributed by atoms with Crippen LogP contribution in [0.15, 0.2) is 65.2 Å². The van der Waals surface area contributed by atoms with Crippen LogP contribution in [0, 0.1) is 0 Å². The highest BCUT2D eigenvalue weighted by molar-refractivity contribution is 6.00. The molecule has 0 radical (unpaired) electrons. The summed E-state index contributed by atoms with van der Waals surface area (Å²) in [6, 6.07) is 16.8. The molecule has 2 aliphatic heterocycles. The van der Waals surface area contributed by atoms with E-state index in [1.807, 2.05) is 42.5 Å². The van der Waals surface area contributed by atoms with Crippen LogP contribution in [0.25, 0.3) is 11.3 Å². The van der Waals surface area contributed by atoms with Crippen LogP contribution in [0.2, 0.25) is 0 Å². The van der Waals surface area contributed by atoms with Crippen LogP contribution in [0.1, 0.15) is 33.9 Å². The van der Waals surface area contributed by atoms with E-state index in [1.165, 1.54) is 0 Å². The Morgan fingerprint density at radius 3 is 2.71 bits per heavy atom. The number of Topliss-reactive ketones (excluding diaryl/α,β-unsaturated/α-hetero) is 1. The van der Waals surface area contributed by atoms with Gasteiger partial charge >= 0.3 is 5.91 Å². The number of para-hydroxylation sites is 1. The summed E-state index contributed by atoms with van der Waals surface area (Å²) < 4.78 is 11.9. The molecule has 1 fully saturated rings. The van der Waals surface area contributed by atoms with Gasteiger partial charge in [0.2, 0.25) is 0 Å². The third kappa shape index (κ3) is 2.78. The highest BCUT2D eigenvalue weighted by Gasteiger charge is 2.47. The van der Waals surface area contributed by atoms with Gasteiger partial charge in [-0.05, 0) is 12.1 Å². The van der Waals surface area contributed by atoms with Gasteiger partial charge in [0.25, 0.3) is 5.89 Å². The minimum absolute atomic E-state index is 0.0541. The van der Waals surface area contributed by atoms with Crippen LogP contribution in [0.5, 0.6) is 5.75 Å². The summed E-state index contributed by atoms with van der Waals surface area (Å²) >= 11 is 0. The maximum Gasteiger partial charge on any atom is 0.309 e. The normalized spacial score (nSPS) is 20.9. The van der Waals surface area contributed by atoms with E-state index in [-0.39, 0.29) is 24.0 Å². The van der Waals surface area contributed by atoms with E-state index in [2.05, 4.69) is 4.98 Å². The number of carbonyl (C=O) groups is 2. The van der Waals surface area contributed by atoms with Crippen molar-refractivity contribution >= 4 is 11.7 Å². The molecule has 0 N–H and O–H groups in total. The summed E-state index contributed by atoms with van der Waals surface area (Å²) in [6.45, 7) is 0.840. The Bertz CT molecular complexity index is 1060. The first-order chi connectivity index (χ1) is 13.6. The van der Waals surface area contributed by atoms with E-state index in [4.69, 9.17) is 9.15 Å². The molecule has 3 aromatic rings. The van der Waals surface area contributed by atoms with E-state index in [9.17, 15) is 9.59 Å². The summed E-state index contributed by atoms with van der Waals surface area (Å²) in [5.41, 5.74) is 0.804. The number of carbonyl (C=O) groups excluding carboxylic acids is 2.